The summed E-state index contributed by atoms with van der Waals surface area (Å²) < 4.78 is 43.9. The number of carbonyl (C=O) groups is 2. The molecule has 7 heteroatoms. The first-order valence-corrected chi connectivity index (χ1v) is 8.27. The molecule has 4 nitrogen and oxygen atoms in total. The molecule has 0 atom stereocenters. The van der Waals surface area contributed by atoms with E-state index in [9.17, 15) is 22.8 Å². The maximum Gasteiger partial charge on any atom is 0.416 e. The molecule has 1 saturated heterocycles. The number of alkyl halides is 3. The van der Waals surface area contributed by atoms with E-state index < -0.39 is 11.7 Å². The van der Waals surface area contributed by atoms with Crippen LogP contribution >= 0.6 is 0 Å². The highest BCUT2D eigenvalue weighted by molar-refractivity contribution is 6.02. The fraction of sp³-hybridized carbons (Fsp3) is 0.200. The lowest BCUT2D eigenvalue weighted by Gasteiger charge is -2.17. The predicted octanol–water partition coefficient (Wildman–Crippen LogP) is 4.27. The molecule has 3 rings (SSSR count). The third kappa shape index (κ3) is 4.75. The van der Waals surface area contributed by atoms with E-state index in [0.717, 1.165) is 17.0 Å². The van der Waals surface area contributed by atoms with Gasteiger partial charge in [-0.15, -0.1) is 0 Å². The molecule has 140 valence electrons. The van der Waals surface area contributed by atoms with E-state index >= 15 is 0 Å². The SMILES string of the molecule is O=C1CCC(=O)N1C/C(=C/c1ccc(C(F)(F)F)cc1)Oc1ccccc1. The maximum atomic E-state index is 12.7. The quantitative estimate of drug-likeness (QED) is 0.579. The van der Waals surface area contributed by atoms with Crippen molar-refractivity contribution in [2.45, 2.75) is 19.0 Å². The van der Waals surface area contributed by atoms with Gasteiger partial charge in [0.2, 0.25) is 11.8 Å². The van der Waals surface area contributed by atoms with Crippen LogP contribution in [0.15, 0.2) is 60.4 Å². The third-order valence-corrected chi connectivity index (χ3v) is 4.03. The lowest BCUT2D eigenvalue weighted by molar-refractivity contribution is -0.139. The molecule has 1 heterocycles. The number of likely N-dealkylation sites (tertiary alicyclic amines) is 1. The minimum atomic E-state index is -4.42. The predicted molar refractivity (Wildman–Crippen MR) is 92.4 cm³/mol. The van der Waals surface area contributed by atoms with Gasteiger partial charge < -0.3 is 4.74 Å². The van der Waals surface area contributed by atoms with E-state index in [2.05, 4.69) is 0 Å². The largest absolute Gasteiger partial charge is 0.460 e. The van der Waals surface area contributed by atoms with Gasteiger partial charge in [-0.1, -0.05) is 30.3 Å². The topological polar surface area (TPSA) is 46.6 Å². The van der Waals surface area contributed by atoms with Crippen LogP contribution < -0.4 is 4.74 Å². The fourth-order valence-electron chi connectivity index (χ4n) is 2.66. The Morgan fingerprint density at radius 3 is 2.11 bits per heavy atom. The summed E-state index contributed by atoms with van der Waals surface area (Å²) in [6.45, 7) is -0.0758. The van der Waals surface area contributed by atoms with Crippen LogP contribution in [0.3, 0.4) is 0 Å². The standard InChI is InChI=1S/C20H16F3NO3/c21-20(22,23)15-8-6-14(7-9-15)12-17(27-16-4-2-1-3-5-16)13-24-18(25)10-11-19(24)26/h1-9,12H,10-11,13H2/b17-12-. The zero-order chi connectivity index (χ0) is 19.4. The number of amides is 2. The first-order chi connectivity index (χ1) is 12.8. The van der Waals surface area contributed by atoms with E-state index in [0.29, 0.717) is 11.3 Å². The molecular formula is C20H16F3NO3. The Kier molecular flexibility index (Phi) is 5.30. The van der Waals surface area contributed by atoms with Crippen molar-refractivity contribution in [3.63, 3.8) is 0 Å². The lowest BCUT2D eigenvalue weighted by Crippen LogP contribution is -2.32. The number of rotatable bonds is 5. The number of hydrogen-bond donors (Lipinski definition) is 0. The number of halogens is 3. The van der Waals surface area contributed by atoms with Gasteiger partial charge in [0.25, 0.3) is 0 Å². The number of benzene rings is 2. The van der Waals surface area contributed by atoms with Crippen molar-refractivity contribution in [3.05, 3.63) is 71.5 Å². The van der Waals surface area contributed by atoms with Crippen LogP contribution in [0.1, 0.15) is 24.0 Å². The molecule has 1 fully saturated rings. The summed E-state index contributed by atoms with van der Waals surface area (Å²) in [5.74, 6) is 0.185. The van der Waals surface area contributed by atoms with Crippen LogP contribution in [0, 0.1) is 0 Å². The zero-order valence-corrected chi connectivity index (χ0v) is 14.2. The Balaban J connectivity index is 1.87. The van der Waals surface area contributed by atoms with Crippen LogP contribution in [0.4, 0.5) is 13.2 Å². The molecule has 2 aromatic carbocycles. The summed E-state index contributed by atoms with van der Waals surface area (Å²) in [7, 11) is 0. The van der Waals surface area contributed by atoms with Crippen LogP contribution in [0.2, 0.25) is 0 Å². The minimum absolute atomic E-state index is 0.0758. The molecule has 0 unspecified atom stereocenters. The van der Waals surface area contributed by atoms with E-state index in [-0.39, 0.29) is 37.0 Å². The molecule has 0 aliphatic carbocycles. The van der Waals surface area contributed by atoms with Gasteiger partial charge in [-0.25, -0.2) is 0 Å². The summed E-state index contributed by atoms with van der Waals surface area (Å²) in [4.78, 5) is 24.9. The summed E-state index contributed by atoms with van der Waals surface area (Å²) in [5.41, 5.74) is -0.289. The first-order valence-electron chi connectivity index (χ1n) is 8.27. The highest BCUT2D eigenvalue weighted by Crippen LogP contribution is 2.29. The van der Waals surface area contributed by atoms with Crippen LogP contribution in [0.25, 0.3) is 6.08 Å². The molecule has 1 aliphatic rings. The molecule has 0 saturated carbocycles. The van der Waals surface area contributed by atoms with Crippen molar-refractivity contribution >= 4 is 17.9 Å². The smallest absolute Gasteiger partial charge is 0.416 e. The number of ether oxygens (including phenoxy) is 1. The molecule has 0 radical (unpaired) electrons. The molecule has 2 amide bonds. The Labute approximate surface area is 153 Å². The average Bonchev–Trinajstić information content (AvgIpc) is 2.94. The highest BCUT2D eigenvalue weighted by Gasteiger charge is 2.31. The fourth-order valence-corrected chi connectivity index (χ4v) is 2.66. The number of nitrogens with zero attached hydrogens (tertiary/aromatic N) is 1. The van der Waals surface area contributed by atoms with Crippen LogP contribution in [-0.4, -0.2) is 23.3 Å². The van der Waals surface area contributed by atoms with Crippen molar-refractivity contribution in [1.82, 2.24) is 4.90 Å². The third-order valence-electron chi connectivity index (χ3n) is 4.03. The van der Waals surface area contributed by atoms with Gasteiger partial charge in [-0.2, -0.15) is 13.2 Å². The second kappa shape index (κ2) is 7.65. The van der Waals surface area contributed by atoms with Gasteiger partial charge in [0.05, 0.1) is 12.1 Å². The normalized spacial score (nSPS) is 15.4. The monoisotopic (exact) mass is 375 g/mol. The molecule has 0 aromatic heterocycles. The van der Waals surface area contributed by atoms with E-state index in [1.54, 1.807) is 30.3 Å². The van der Waals surface area contributed by atoms with Crippen molar-refractivity contribution < 1.29 is 27.5 Å². The van der Waals surface area contributed by atoms with Gasteiger partial charge in [0.15, 0.2) is 0 Å². The number of imide groups is 1. The summed E-state index contributed by atoms with van der Waals surface area (Å²) in [5, 5.41) is 0. The number of para-hydroxylation sites is 1. The second-order valence-electron chi connectivity index (χ2n) is 6.02. The molecule has 0 bridgehead atoms. The second-order valence-corrected chi connectivity index (χ2v) is 6.02. The van der Waals surface area contributed by atoms with Crippen LogP contribution in [-0.2, 0) is 15.8 Å². The van der Waals surface area contributed by atoms with Gasteiger partial charge >= 0.3 is 6.18 Å². The van der Waals surface area contributed by atoms with E-state index in [1.807, 2.05) is 0 Å². The zero-order valence-electron chi connectivity index (χ0n) is 14.2. The molecule has 0 spiro atoms. The van der Waals surface area contributed by atoms with Crippen molar-refractivity contribution in [1.29, 1.82) is 0 Å². The number of hydrogen-bond acceptors (Lipinski definition) is 3. The Hall–Kier alpha value is -3.09. The number of carbonyl (C=O) groups excluding carboxylic acids is 2. The minimum Gasteiger partial charge on any atom is -0.460 e. The van der Waals surface area contributed by atoms with E-state index in [1.165, 1.54) is 18.2 Å². The molecular weight excluding hydrogens is 359 g/mol. The van der Waals surface area contributed by atoms with Crippen molar-refractivity contribution in [2.24, 2.45) is 0 Å². The van der Waals surface area contributed by atoms with Gasteiger partial charge in [0.1, 0.15) is 11.5 Å². The maximum absolute atomic E-state index is 12.7. The molecule has 27 heavy (non-hydrogen) atoms. The Morgan fingerprint density at radius 1 is 0.963 bits per heavy atom. The Morgan fingerprint density at radius 2 is 1.56 bits per heavy atom. The summed E-state index contributed by atoms with van der Waals surface area (Å²) >= 11 is 0. The molecule has 1 aliphatic heterocycles. The summed E-state index contributed by atoms with van der Waals surface area (Å²) in [6.07, 6.45) is -2.60. The van der Waals surface area contributed by atoms with E-state index in [4.69, 9.17) is 4.74 Å². The van der Waals surface area contributed by atoms with Gasteiger partial charge in [-0.3, -0.25) is 14.5 Å². The van der Waals surface area contributed by atoms with Gasteiger partial charge in [-0.05, 0) is 35.9 Å². The molecule has 0 N–H and O–H groups in total. The van der Waals surface area contributed by atoms with Crippen LogP contribution in [0.5, 0.6) is 5.75 Å². The Bertz CT molecular complexity index is 842. The van der Waals surface area contributed by atoms with Crippen molar-refractivity contribution in [2.75, 3.05) is 6.54 Å². The van der Waals surface area contributed by atoms with Gasteiger partial charge in [0, 0.05) is 12.8 Å². The average molecular weight is 375 g/mol. The highest BCUT2D eigenvalue weighted by atomic mass is 19.4. The van der Waals surface area contributed by atoms with Crippen molar-refractivity contribution in [3.8, 4) is 5.75 Å². The molecule has 2 aromatic rings. The summed E-state index contributed by atoms with van der Waals surface area (Å²) in [6, 6.07) is 13.3. The lowest BCUT2D eigenvalue weighted by atomic mass is 10.1. The first kappa shape index (κ1) is 18.7.